The molecule has 0 spiro atoms. The van der Waals surface area contributed by atoms with Crippen LogP contribution >= 0.6 is 0 Å². The van der Waals surface area contributed by atoms with Gasteiger partial charge < -0.3 is 15.0 Å². The van der Waals surface area contributed by atoms with Crippen molar-refractivity contribution in [2.45, 2.75) is 64.1 Å². The number of piperidine rings is 1. The molecule has 4 heteroatoms. The number of nitrogens with zero attached hydrogens (tertiary/aromatic N) is 1. The lowest BCUT2D eigenvalue weighted by Crippen LogP contribution is -2.43. The first-order valence-electron chi connectivity index (χ1n) is 7.03. The zero-order valence-corrected chi connectivity index (χ0v) is 12.0. The molecule has 2 saturated heterocycles. The topological polar surface area (TPSA) is 41.6 Å². The molecule has 2 aliphatic heterocycles. The van der Waals surface area contributed by atoms with E-state index < -0.39 is 5.60 Å². The number of carbonyl (C=O) groups is 1. The number of amides is 1. The molecule has 0 saturated carbocycles. The van der Waals surface area contributed by atoms with Crippen LogP contribution in [-0.2, 0) is 4.74 Å². The third kappa shape index (κ3) is 3.61. The summed E-state index contributed by atoms with van der Waals surface area (Å²) in [7, 11) is 1.85. The molecule has 0 aromatic rings. The van der Waals surface area contributed by atoms with Crippen LogP contribution in [0, 0.1) is 5.92 Å². The van der Waals surface area contributed by atoms with Crippen LogP contribution in [0.2, 0.25) is 0 Å². The van der Waals surface area contributed by atoms with E-state index in [1.807, 2.05) is 27.8 Å². The lowest BCUT2D eigenvalue weighted by molar-refractivity contribution is 0.0258. The molecule has 0 aromatic heterocycles. The fourth-order valence-corrected chi connectivity index (χ4v) is 3.13. The Labute approximate surface area is 110 Å². The Morgan fingerprint density at radius 1 is 1.28 bits per heavy atom. The monoisotopic (exact) mass is 254 g/mol. The first-order valence-corrected chi connectivity index (χ1v) is 7.03. The minimum Gasteiger partial charge on any atom is -0.444 e. The van der Waals surface area contributed by atoms with Crippen LogP contribution in [0.1, 0.15) is 46.5 Å². The Balaban J connectivity index is 1.80. The van der Waals surface area contributed by atoms with E-state index in [4.69, 9.17) is 4.74 Å². The fraction of sp³-hybridized carbons (Fsp3) is 0.929. The molecular formula is C14H26N2O2. The third-order valence-electron chi connectivity index (χ3n) is 3.81. The van der Waals surface area contributed by atoms with Crippen molar-refractivity contribution in [3.8, 4) is 0 Å². The highest BCUT2D eigenvalue weighted by molar-refractivity contribution is 5.67. The largest absolute Gasteiger partial charge is 0.444 e. The minimum atomic E-state index is -0.404. The van der Waals surface area contributed by atoms with Crippen molar-refractivity contribution in [1.82, 2.24) is 10.2 Å². The van der Waals surface area contributed by atoms with Gasteiger partial charge in [-0.05, 0) is 52.4 Å². The van der Waals surface area contributed by atoms with E-state index in [1.54, 1.807) is 4.90 Å². The van der Waals surface area contributed by atoms with Gasteiger partial charge in [0.1, 0.15) is 5.60 Å². The van der Waals surface area contributed by atoms with E-state index >= 15 is 0 Å². The van der Waals surface area contributed by atoms with E-state index in [1.165, 1.54) is 25.7 Å². The molecule has 2 heterocycles. The van der Waals surface area contributed by atoms with Gasteiger partial charge in [0.2, 0.25) is 0 Å². The predicted octanol–water partition coefficient (Wildman–Crippen LogP) is 2.38. The van der Waals surface area contributed by atoms with Crippen LogP contribution < -0.4 is 5.32 Å². The summed E-state index contributed by atoms with van der Waals surface area (Å²) in [5, 5.41) is 3.63. The van der Waals surface area contributed by atoms with E-state index in [0.29, 0.717) is 18.0 Å². The van der Waals surface area contributed by atoms with Crippen molar-refractivity contribution in [3.05, 3.63) is 0 Å². The molecule has 2 unspecified atom stereocenters. The van der Waals surface area contributed by atoms with Gasteiger partial charge in [-0.15, -0.1) is 0 Å². The zero-order valence-electron chi connectivity index (χ0n) is 12.0. The summed E-state index contributed by atoms with van der Waals surface area (Å²) in [5.74, 6) is 0.626. The Morgan fingerprint density at radius 3 is 2.33 bits per heavy atom. The van der Waals surface area contributed by atoms with Crippen molar-refractivity contribution < 1.29 is 9.53 Å². The molecule has 4 nitrogen and oxygen atoms in total. The summed E-state index contributed by atoms with van der Waals surface area (Å²) in [6, 6.07) is 1.36. The second-order valence-corrected chi connectivity index (χ2v) is 6.84. The van der Waals surface area contributed by atoms with E-state index in [0.717, 1.165) is 6.54 Å². The van der Waals surface area contributed by atoms with Crippen molar-refractivity contribution in [2.75, 3.05) is 13.6 Å². The molecule has 1 N–H and O–H groups in total. The molecule has 2 fully saturated rings. The van der Waals surface area contributed by atoms with Gasteiger partial charge in [0.15, 0.2) is 0 Å². The maximum Gasteiger partial charge on any atom is 0.410 e. The molecule has 2 atom stereocenters. The van der Waals surface area contributed by atoms with Gasteiger partial charge in [-0.3, -0.25) is 0 Å². The quantitative estimate of drug-likeness (QED) is 0.822. The van der Waals surface area contributed by atoms with Gasteiger partial charge in [0.05, 0.1) is 0 Å². The van der Waals surface area contributed by atoms with Crippen LogP contribution in [-0.4, -0.2) is 42.3 Å². The summed E-state index contributed by atoms with van der Waals surface area (Å²) in [6.07, 6.45) is 4.80. The molecule has 1 amide bonds. The van der Waals surface area contributed by atoms with Gasteiger partial charge in [-0.25, -0.2) is 4.79 Å². The maximum absolute atomic E-state index is 11.9. The van der Waals surface area contributed by atoms with Crippen LogP contribution in [0.15, 0.2) is 0 Å². The number of fused-ring (bicyclic) bond motifs is 2. The third-order valence-corrected chi connectivity index (χ3v) is 3.81. The van der Waals surface area contributed by atoms with Crippen LogP contribution in [0.3, 0.4) is 0 Å². The Kier molecular flexibility index (Phi) is 3.85. The van der Waals surface area contributed by atoms with Crippen LogP contribution in [0.4, 0.5) is 4.79 Å². The molecule has 0 aliphatic carbocycles. The van der Waals surface area contributed by atoms with Crippen LogP contribution in [0.5, 0.6) is 0 Å². The Hall–Kier alpha value is -0.770. The smallest absolute Gasteiger partial charge is 0.410 e. The average molecular weight is 254 g/mol. The first-order chi connectivity index (χ1) is 8.33. The summed E-state index contributed by atoms with van der Waals surface area (Å²) in [6.45, 7) is 6.54. The summed E-state index contributed by atoms with van der Waals surface area (Å²) in [5.41, 5.74) is -0.404. The number of nitrogens with one attached hydrogen (secondary N) is 1. The van der Waals surface area contributed by atoms with Crippen molar-refractivity contribution in [2.24, 2.45) is 5.92 Å². The second kappa shape index (κ2) is 5.08. The second-order valence-electron chi connectivity index (χ2n) is 6.84. The van der Waals surface area contributed by atoms with E-state index in [9.17, 15) is 4.79 Å². The SMILES string of the molecule is CN(CC1CC2CCC(C1)N2)C(=O)OC(C)(C)C. The molecule has 2 aliphatic rings. The zero-order chi connectivity index (χ0) is 13.3. The van der Waals surface area contributed by atoms with Crippen LogP contribution in [0.25, 0.3) is 0 Å². The molecule has 0 radical (unpaired) electrons. The van der Waals surface area contributed by atoms with Gasteiger partial charge in [-0.1, -0.05) is 0 Å². The van der Waals surface area contributed by atoms with Gasteiger partial charge in [0.25, 0.3) is 0 Å². The summed E-state index contributed by atoms with van der Waals surface area (Å²) in [4.78, 5) is 13.6. The van der Waals surface area contributed by atoms with Crippen molar-refractivity contribution in [3.63, 3.8) is 0 Å². The highest BCUT2D eigenvalue weighted by Gasteiger charge is 2.34. The lowest BCUT2D eigenvalue weighted by Gasteiger charge is -2.32. The maximum atomic E-state index is 11.9. The molecule has 104 valence electrons. The number of hydrogen-bond donors (Lipinski definition) is 1. The van der Waals surface area contributed by atoms with E-state index in [-0.39, 0.29) is 6.09 Å². The Bertz CT molecular complexity index is 299. The minimum absolute atomic E-state index is 0.201. The fourth-order valence-electron chi connectivity index (χ4n) is 3.13. The van der Waals surface area contributed by atoms with Gasteiger partial charge >= 0.3 is 6.09 Å². The predicted molar refractivity (Wildman–Crippen MR) is 71.5 cm³/mol. The number of carbonyl (C=O) groups excluding carboxylic acids is 1. The average Bonchev–Trinajstić information content (AvgIpc) is 2.55. The van der Waals surface area contributed by atoms with E-state index in [2.05, 4.69) is 5.32 Å². The van der Waals surface area contributed by atoms with Gasteiger partial charge in [0, 0.05) is 25.7 Å². The lowest BCUT2D eigenvalue weighted by atomic mass is 9.92. The molecule has 18 heavy (non-hydrogen) atoms. The molecule has 2 rings (SSSR count). The van der Waals surface area contributed by atoms with Crippen molar-refractivity contribution >= 4 is 6.09 Å². The molecule has 0 aromatic carbocycles. The molecular weight excluding hydrogens is 228 g/mol. The Morgan fingerprint density at radius 2 is 1.83 bits per heavy atom. The number of hydrogen-bond acceptors (Lipinski definition) is 3. The standard InChI is InChI=1S/C14H26N2O2/c1-14(2,3)18-13(17)16(4)9-10-7-11-5-6-12(8-10)15-11/h10-12,15H,5-9H2,1-4H3. The summed E-state index contributed by atoms with van der Waals surface area (Å²) < 4.78 is 5.38. The first kappa shape index (κ1) is 13.7. The highest BCUT2D eigenvalue weighted by atomic mass is 16.6. The number of rotatable bonds is 2. The van der Waals surface area contributed by atoms with Crippen molar-refractivity contribution in [1.29, 1.82) is 0 Å². The number of ether oxygens (including phenoxy) is 1. The van der Waals surface area contributed by atoms with Gasteiger partial charge in [-0.2, -0.15) is 0 Å². The highest BCUT2D eigenvalue weighted by Crippen LogP contribution is 2.31. The molecule has 2 bridgehead atoms. The normalized spacial score (nSPS) is 31.2. The summed E-state index contributed by atoms with van der Waals surface area (Å²) >= 11 is 0.